The number of esters is 1. The summed E-state index contributed by atoms with van der Waals surface area (Å²) in [6.07, 6.45) is 1.60. The Kier molecular flexibility index (Phi) is 8.21. The fraction of sp³-hybridized carbons (Fsp3) is 0.318. The monoisotopic (exact) mass is 399 g/mol. The minimum Gasteiger partial charge on any atom is -0.497 e. The maximum Gasteiger partial charge on any atom is 0.342 e. The lowest BCUT2D eigenvalue weighted by atomic mass is 10.1. The minimum atomic E-state index is -0.663. The average Bonchev–Trinajstić information content (AvgIpc) is 2.74. The number of ether oxygens (including phenoxy) is 3. The Morgan fingerprint density at radius 2 is 1.69 bits per heavy atom. The lowest BCUT2D eigenvalue weighted by Gasteiger charge is -2.10. The van der Waals surface area contributed by atoms with Crippen molar-refractivity contribution in [3.63, 3.8) is 0 Å². The van der Waals surface area contributed by atoms with Gasteiger partial charge in [0.1, 0.15) is 17.1 Å². The van der Waals surface area contributed by atoms with Crippen LogP contribution in [0.25, 0.3) is 0 Å². The maximum absolute atomic E-state index is 12.3. The van der Waals surface area contributed by atoms with Gasteiger partial charge >= 0.3 is 5.97 Å². The third-order valence-corrected chi connectivity index (χ3v) is 4.25. The van der Waals surface area contributed by atoms with E-state index in [4.69, 9.17) is 14.2 Å². The van der Waals surface area contributed by atoms with Gasteiger partial charge in [0, 0.05) is 19.0 Å². The predicted molar refractivity (Wildman–Crippen MR) is 108 cm³/mol. The second kappa shape index (κ2) is 10.8. The smallest absolute Gasteiger partial charge is 0.342 e. The lowest BCUT2D eigenvalue weighted by Crippen LogP contribution is -2.21. The largest absolute Gasteiger partial charge is 0.497 e. The maximum atomic E-state index is 12.3. The fourth-order valence-electron chi connectivity index (χ4n) is 2.68. The first-order valence-electron chi connectivity index (χ1n) is 9.20. The zero-order valence-corrected chi connectivity index (χ0v) is 16.8. The summed E-state index contributed by atoms with van der Waals surface area (Å²) in [6, 6.07) is 11.9. The summed E-state index contributed by atoms with van der Waals surface area (Å²) in [5.41, 5.74) is 1.71. The van der Waals surface area contributed by atoms with E-state index in [0.717, 1.165) is 18.4 Å². The molecule has 0 saturated heterocycles. The molecule has 0 bridgehead atoms. The minimum absolute atomic E-state index is 0.0490. The van der Waals surface area contributed by atoms with Crippen LogP contribution in [0.5, 0.6) is 11.5 Å². The molecule has 0 radical (unpaired) electrons. The van der Waals surface area contributed by atoms with Gasteiger partial charge in [0.2, 0.25) is 5.91 Å². The quantitative estimate of drug-likeness (QED) is 0.375. The molecule has 0 atom stereocenters. The standard InChI is InChI=1S/C22H25NO6/c1-15(24)23-12-4-5-16-6-8-17(9-7-16)20(25)14-29-22(26)19-13-18(27-2)10-11-21(19)28-3/h6-11,13H,4-5,12,14H2,1-3H3,(H,23,24). The third-order valence-electron chi connectivity index (χ3n) is 4.25. The zero-order valence-electron chi connectivity index (χ0n) is 16.8. The van der Waals surface area contributed by atoms with Crippen molar-refractivity contribution < 1.29 is 28.6 Å². The van der Waals surface area contributed by atoms with Crippen LogP contribution < -0.4 is 14.8 Å². The zero-order chi connectivity index (χ0) is 21.2. The van der Waals surface area contributed by atoms with Crippen LogP contribution in [0.4, 0.5) is 0 Å². The summed E-state index contributed by atoms with van der Waals surface area (Å²) in [4.78, 5) is 35.5. The summed E-state index contributed by atoms with van der Waals surface area (Å²) < 4.78 is 15.4. The Morgan fingerprint density at radius 3 is 2.31 bits per heavy atom. The molecule has 1 N–H and O–H groups in total. The summed E-state index contributed by atoms with van der Waals surface area (Å²) >= 11 is 0. The average molecular weight is 399 g/mol. The van der Waals surface area contributed by atoms with Gasteiger partial charge in [-0.3, -0.25) is 9.59 Å². The van der Waals surface area contributed by atoms with Gasteiger partial charge in [-0.1, -0.05) is 24.3 Å². The topological polar surface area (TPSA) is 90.9 Å². The molecule has 0 aliphatic carbocycles. The molecule has 2 rings (SSSR count). The summed E-state index contributed by atoms with van der Waals surface area (Å²) in [7, 11) is 2.94. The van der Waals surface area contributed by atoms with Crippen LogP contribution >= 0.6 is 0 Å². The predicted octanol–water partition coefficient (Wildman–Crippen LogP) is 2.81. The Morgan fingerprint density at radius 1 is 0.966 bits per heavy atom. The molecule has 0 unspecified atom stereocenters. The molecular formula is C22H25NO6. The molecular weight excluding hydrogens is 374 g/mol. The molecule has 2 aromatic carbocycles. The van der Waals surface area contributed by atoms with Gasteiger partial charge in [-0.2, -0.15) is 0 Å². The molecule has 0 saturated carbocycles. The molecule has 7 heteroatoms. The van der Waals surface area contributed by atoms with E-state index in [0.29, 0.717) is 23.6 Å². The number of ketones is 1. The molecule has 0 spiro atoms. The number of carbonyl (C=O) groups excluding carboxylic acids is 3. The van der Waals surface area contributed by atoms with Crippen molar-refractivity contribution in [2.75, 3.05) is 27.4 Å². The number of hydrogen-bond acceptors (Lipinski definition) is 6. The lowest BCUT2D eigenvalue weighted by molar-refractivity contribution is -0.118. The van der Waals surface area contributed by atoms with E-state index < -0.39 is 5.97 Å². The fourth-order valence-corrected chi connectivity index (χ4v) is 2.68. The van der Waals surface area contributed by atoms with Gasteiger partial charge in [0.05, 0.1) is 14.2 Å². The Balaban J connectivity index is 1.90. The third kappa shape index (κ3) is 6.64. The van der Waals surface area contributed by atoms with Gasteiger partial charge in [0.25, 0.3) is 0 Å². The van der Waals surface area contributed by atoms with E-state index in [1.54, 1.807) is 24.3 Å². The van der Waals surface area contributed by atoms with E-state index in [2.05, 4.69) is 5.32 Å². The number of aryl methyl sites for hydroxylation is 1. The second-order valence-corrected chi connectivity index (χ2v) is 6.35. The van der Waals surface area contributed by atoms with E-state index >= 15 is 0 Å². The molecule has 29 heavy (non-hydrogen) atoms. The molecule has 0 aliphatic heterocycles. The summed E-state index contributed by atoms with van der Waals surface area (Å²) in [6.45, 7) is 1.72. The van der Waals surface area contributed by atoms with Crippen molar-refractivity contribution in [2.24, 2.45) is 0 Å². The first kappa shape index (κ1) is 21.9. The van der Waals surface area contributed by atoms with Crippen molar-refractivity contribution in [1.82, 2.24) is 5.32 Å². The first-order valence-corrected chi connectivity index (χ1v) is 9.20. The highest BCUT2D eigenvalue weighted by molar-refractivity contribution is 6.00. The van der Waals surface area contributed by atoms with Crippen LogP contribution in [0.2, 0.25) is 0 Å². The summed E-state index contributed by atoms with van der Waals surface area (Å²) in [5, 5.41) is 2.74. The molecule has 154 valence electrons. The molecule has 0 aromatic heterocycles. The van der Waals surface area contributed by atoms with E-state index in [9.17, 15) is 14.4 Å². The normalized spacial score (nSPS) is 10.2. The van der Waals surface area contributed by atoms with Crippen LogP contribution in [0.15, 0.2) is 42.5 Å². The molecule has 7 nitrogen and oxygen atoms in total. The first-order chi connectivity index (χ1) is 13.9. The van der Waals surface area contributed by atoms with Crippen LogP contribution in [0.3, 0.4) is 0 Å². The van der Waals surface area contributed by atoms with Gasteiger partial charge in [0.15, 0.2) is 12.4 Å². The summed E-state index contributed by atoms with van der Waals surface area (Å²) in [5.74, 6) is -0.189. The highest BCUT2D eigenvalue weighted by Gasteiger charge is 2.17. The number of rotatable bonds is 10. The number of nitrogens with one attached hydrogen (secondary N) is 1. The highest BCUT2D eigenvalue weighted by Crippen LogP contribution is 2.24. The van der Waals surface area contributed by atoms with Crippen LogP contribution in [0, 0.1) is 0 Å². The highest BCUT2D eigenvalue weighted by atomic mass is 16.5. The van der Waals surface area contributed by atoms with Crippen molar-refractivity contribution in [2.45, 2.75) is 19.8 Å². The number of benzene rings is 2. The number of carbonyl (C=O) groups is 3. The van der Waals surface area contributed by atoms with Gasteiger partial charge in [-0.05, 0) is 36.6 Å². The van der Waals surface area contributed by atoms with Crippen LogP contribution in [-0.2, 0) is 16.0 Å². The van der Waals surface area contributed by atoms with Crippen LogP contribution in [0.1, 0.15) is 39.6 Å². The second-order valence-electron chi connectivity index (χ2n) is 6.35. The van der Waals surface area contributed by atoms with E-state index in [1.807, 2.05) is 12.1 Å². The molecule has 1 amide bonds. The molecule has 0 fully saturated rings. The number of Topliss-reactive ketones (excluding diaryl/α,β-unsaturated/α-hetero) is 1. The van der Waals surface area contributed by atoms with Crippen molar-refractivity contribution in [3.05, 3.63) is 59.2 Å². The van der Waals surface area contributed by atoms with Crippen molar-refractivity contribution >= 4 is 17.7 Å². The Hall–Kier alpha value is -3.35. The molecule has 0 heterocycles. The number of methoxy groups -OCH3 is 2. The van der Waals surface area contributed by atoms with Crippen molar-refractivity contribution in [3.8, 4) is 11.5 Å². The van der Waals surface area contributed by atoms with Gasteiger partial charge in [-0.25, -0.2) is 4.79 Å². The molecule has 0 aliphatic rings. The molecule has 2 aromatic rings. The van der Waals surface area contributed by atoms with Crippen LogP contribution in [-0.4, -0.2) is 45.0 Å². The van der Waals surface area contributed by atoms with E-state index in [1.165, 1.54) is 27.2 Å². The number of amides is 1. The Labute approximate surface area is 170 Å². The van der Waals surface area contributed by atoms with Gasteiger partial charge in [-0.15, -0.1) is 0 Å². The number of hydrogen-bond donors (Lipinski definition) is 1. The van der Waals surface area contributed by atoms with Gasteiger partial charge < -0.3 is 19.5 Å². The Bertz CT molecular complexity index is 860. The SMILES string of the molecule is COc1ccc(OC)c(C(=O)OCC(=O)c2ccc(CCCNC(C)=O)cc2)c1. The van der Waals surface area contributed by atoms with Crippen molar-refractivity contribution in [1.29, 1.82) is 0 Å². The van der Waals surface area contributed by atoms with E-state index in [-0.39, 0.29) is 23.9 Å².